The van der Waals surface area contributed by atoms with Crippen molar-refractivity contribution in [2.24, 2.45) is 5.92 Å². The van der Waals surface area contributed by atoms with Gasteiger partial charge in [0.1, 0.15) is 0 Å². The molecule has 0 radical (unpaired) electrons. The lowest BCUT2D eigenvalue weighted by Crippen LogP contribution is -2.39. The number of nitrogens with zero attached hydrogens (tertiary/aromatic N) is 3. The average Bonchev–Trinajstić information content (AvgIpc) is 3.04. The van der Waals surface area contributed by atoms with E-state index in [9.17, 15) is 9.59 Å². The molecule has 0 atom stereocenters. The number of carbonyl (C=O) groups is 2. The van der Waals surface area contributed by atoms with E-state index < -0.39 is 5.97 Å². The molecule has 2 aromatic rings. The Morgan fingerprint density at radius 2 is 2.00 bits per heavy atom. The Morgan fingerprint density at radius 3 is 2.67 bits per heavy atom. The molecule has 24 heavy (non-hydrogen) atoms. The maximum absolute atomic E-state index is 12.6. The highest BCUT2D eigenvalue weighted by Gasteiger charge is 2.26. The van der Waals surface area contributed by atoms with Crippen LogP contribution in [0, 0.1) is 5.92 Å². The Kier molecular flexibility index (Phi) is 4.99. The number of carboxylic acids is 1. The smallest absolute Gasteiger partial charge is 0.303 e. The number of carboxylic acid groups (broad SMARTS) is 1. The first-order valence-corrected chi connectivity index (χ1v) is 8.65. The van der Waals surface area contributed by atoms with Crippen LogP contribution in [0.5, 0.6) is 0 Å². The number of hydrogen-bond acceptors (Lipinski definition) is 3. The van der Waals surface area contributed by atoms with Crippen molar-refractivity contribution < 1.29 is 14.7 Å². The standard InChI is InChI=1S/C17H18BrN3O3/c18-13-2-1-3-14(11-13)21-9-6-15(19-21)17(24)20-7-4-12(5-8-20)10-16(22)23/h1-3,6,9,11-12H,4-5,7-8,10H2,(H,22,23). The molecule has 0 unspecified atom stereocenters. The summed E-state index contributed by atoms with van der Waals surface area (Å²) in [4.78, 5) is 25.1. The Morgan fingerprint density at radius 1 is 1.25 bits per heavy atom. The zero-order valence-electron chi connectivity index (χ0n) is 13.1. The summed E-state index contributed by atoms with van der Waals surface area (Å²) in [7, 11) is 0. The fourth-order valence-electron chi connectivity index (χ4n) is 2.95. The van der Waals surface area contributed by atoms with Gasteiger partial charge in [0.25, 0.3) is 5.91 Å². The number of aromatic nitrogens is 2. The van der Waals surface area contributed by atoms with E-state index in [4.69, 9.17) is 5.11 Å². The van der Waals surface area contributed by atoms with Crippen LogP contribution in [-0.4, -0.2) is 44.8 Å². The van der Waals surface area contributed by atoms with Gasteiger partial charge in [-0.2, -0.15) is 5.10 Å². The van der Waals surface area contributed by atoms with Crippen molar-refractivity contribution in [3.05, 3.63) is 46.7 Å². The van der Waals surface area contributed by atoms with Gasteiger partial charge >= 0.3 is 5.97 Å². The molecule has 1 saturated heterocycles. The van der Waals surface area contributed by atoms with E-state index in [1.807, 2.05) is 24.3 Å². The van der Waals surface area contributed by atoms with E-state index in [0.29, 0.717) is 18.8 Å². The second-order valence-corrected chi connectivity index (χ2v) is 6.87. The Bertz CT molecular complexity index is 751. The van der Waals surface area contributed by atoms with E-state index in [-0.39, 0.29) is 18.2 Å². The van der Waals surface area contributed by atoms with Gasteiger partial charge in [0.2, 0.25) is 0 Å². The van der Waals surface area contributed by atoms with E-state index in [2.05, 4.69) is 21.0 Å². The predicted molar refractivity (Wildman–Crippen MR) is 92.1 cm³/mol. The van der Waals surface area contributed by atoms with Crippen LogP contribution < -0.4 is 0 Å². The monoisotopic (exact) mass is 391 g/mol. The quantitative estimate of drug-likeness (QED) is 0.868. The molecule has 1 aromatic carbocycles. The van der Waals surface area contributed by atoms with Crippen molar-refractivity contribution in [2.75, 3.05) is 13.1 Å². The molecular formula is C17H18BrN3O3. The maximum atomic E-state index is 12.6. The molecular weight excluding hydrogens is 374 g/mol. The lowest BCUT2D eigenvalue weighted by molar-refractivity contribution is -0.138. The largest absolute Gasteiger partial charge is 0.481 e. The van der Waals surface area contributed by atoms with Gasteiger partial charge in [0.15, 0.2) is 5.69 Å². The summed E-state index contributed by atoms with van der Waals surface area (Å²) in [6.07, 6.45) is 3.40. The minimum Gasteiger partial charge on any atom is -0.481 e. The summed E-state index contributed by atoms with van der Waals surface area (Å²) in [5.74, 6) is -0.712. The van der Waals surface area contributed by atoms with Gasteiger partial charge in [-0.15, -0.1) is 0 Å². The number of aliphatic carboxylic acids is 1. The normalized spacial score (nSPS) is 15.5. The summed E-state index contributed by atoms with van der Waals surface area (Å²) >= 11 is 3.42. The van der Waals surface area contributed by atoms with Crippen LogP contribution in [0.1, 0.15) is 29.8 Å². The summed E-state index contributed by atoms with van der Waals surface area (Å²) in [5, 5.41) is 13.2. The summed E-state index contributed by atoms with van der Waals surface area (Å²) < 4.78 is 2.62. The molecule has 6 nitrogen and oxygen atoms in total. The van der Waals surface area contributed by atoms with E-state index in [1.165, 1.54) is 0 Å². The molecule has 3 rings (SSSR count). The number of piperidine rings is 1. The van der Waals surface area contributed by atoms with Gasteiger partial charge in [-0.3, -0.25) is 9.59 Å². The first kappa shape index (κ1) is 16.7. The highest BCUT2D eigenvalue weighted by atomic mass is 79.9. The second kappa shape index (κ2) is 7.17. The molecule has 2 heterocycles. The Labute approximate surface area is 148 Å². The van der Waals surface area contributed by atoms with Gasteiger partial charge in [0, 0.05) is 30.2 Å². The van der Waals surface area contributed by atoms with Crippen LogP contribution in [-0.2, 0) is 4.79 Å². The van der Waals surface area contributed by atoms with E-state index >= 15 is 0 Å². The van der Waals surface area contributed by atoms with Gasteiger partial charge < -0.3 is 10.0 Å². The molecule has 0 spiro atoms. The van der Waals surface area contributed by atoms with Crippen LogP contribution >= 0.6 is 15.9 Å². The number of amides is 1. The van der Waals surface area contributed by atoms with Crippen molar-refractivity contribution >= 4 is 27.8 Å². The molecule has 7 heteroatoms. The second-order valence-electron chi connectivity index (χ2n) is 5.96. The van der Waals surface area contributed by atoms with E-state index in [1.54, 1.807) is 21.8 Å². The Hall–Kier alpha value is -2.15. The molecule has 1 aromatic heterocycles. The fraction of sp³-hybridized carbons (Fsp3) is 0.353. The number of likely N-dealkylation sites (tertiary alicyclic amines) is 1. The minimum atomic E-state index is -0.771. The van der Waals surface area contributed by atoms with Crippen molar-refractivity contribution in [3.8, 4) is 5.69 Å². The summed E-state index contributed by atoms with van der Waals surface area (Å²) in [6.45, 7) is 1.17. The minimum absolute atomic E-state index is 0.0995. The molecule has 0 bridgehead atoms. The molecule has 1 fully saturated rings. The maximum Gasteiger partial charge on any atom is 0.303 e. The molecule has 1 aliphatic heterocycles. The van der Waals surface area contributed by atoms with Crippen molar-refractivity contribution in [1.29, 1.82) is 0 Å². The molecule has 0 aliphatic carbocycles. The summed E-state index contributed by atoms with van der Waals surface area (Å²) in [6, 6.07) is 9.41. The number of halogens is 1. The SMILES string of the molecule is O=C(O)CC1CCN(C(=O)c2ccn(-c3cccc(Br)c3)n2)CC1. The third kappa shape index (κ3) is 3.84. The van der Waals surface area contributed by atoms with Crippen molar-refractivity contribution in [3.63, 3.8) is 0 Å². The first-order valence-electron chi connectivity index (χ1n) is 7.85. The highest BCUT2D eigenvalue weighted by Crippen LogP contribution is 2.22. The van der Waals surface area contributed by atoms with Crippen LogP contribution in [0.3, 0.4) is 0 Å². The van der Waals surface area contributed by atoms with E-state index in [0.717, 1.165) is 23.0 Å². The zero-order valence-corrected chi connectivity index (χ0v) is 14.6. The predicted octanol–water partition coefficient (Wildman–Crippen LogP) is 2.96. The molecule has 1 amide bonds. The van der Waals surface area contributed by atoms with Crippen LogP contribution in [0.4, 0.5) is 0 Å². The zero-order chi connectivity index (χ0) is 17.1. The molecule has 126 valence electrons. The molecule has 0 saturated carbocycles. The third-order valence-corrected chi connectivity index (χ3v) is 4.74. The van der Waals surface area contributed by atoms with Gasteiger partial charge in [-0.05, 0) is 43.0 Å². The third-order valence-electron chi connectivity index (χ3n) is 4.25. The number of rotatable bonds is 4. The average molecular weight is 392 g/mol. The summed E-state index contributed by atoms with van der Waals surface area (Å²) in [5.41, 5.74) is 1.29. The molecule has 1 N–H and O–H groups in total. The van der Waals surface area contributed by atoms with Gasteiger partial charge in [0.05, 0.1) is 5.69 Å². The Balaban J connectivity index is 1.65. The van der Waals surface area contributed by atoms with Crippen LogP contribution in [0.25, 0.3) is 5.69 Å². The number of benzene rings is 1. The van der Waals surface area contributed by atoms with Gasteiger partial charge in [-0.25, -0.2) is 4.68 Å². The fourth-order valence-corrected chi connectivity index (χ4v) is 3.34. The topological polar surface area (TPSA) is 75.4 Å². The van der Waals surface area contributed by atoms with Crippen LogP contribution in [0.15, 0.2) is 41.0 Å². The lowest BCUT2D eigenvalue weighted by Gasteiger charge is -2.30. The lowest BCUT2D eigenvalue weighted by atomic mass is 9.93. The molecule has 1 aliphatic rings. The first-order chi connectivity index (χ1) is 11.5. The number of carbonyl (C=O) groups excluding carboxylic acids is 1. The number of hydrogen-bond donors (Lipinski definition) is 1. The van der Waals surface area contributed by atoms with Crippen LogP contribution in [0.2, 0.25) is 0 Å². The van der Waals surface area contributed by atoms with Crippen molar-refractivity contribution in [1.82, 2.24) is 14.7 Å². The highest BCUT2D eigenvalue weighted by molar-refractivity contribution is 9.10. The van der Waals surface area contributed by atoms with Gasteiger partial charge in [-0.1, -0.05) is 22.0 Å². The van der Waals surface area contributed by atoms with Crippen molar-refractivity contribution in [2.45, 2.75) is 19.3 Å².